The second-order valence-corrected chi connectivity index (χ2v) is 5.96. The van der Waals surface area contributed by atoms with Gasteiger partial charge in [-0.3, -0.25) is 14.9 Å². The van der Waals surface area contributed by atoms with E-state index in [2.05, 4.69) is 41.3 Å². The van der Waals surface area contributed by atoms with Gasteiger partial charge in [-0.2, -0.15) is 5.10 Å². The Morgan fingerprint density at radius 1 is 1.25 bits per heavy atom. The molecule has 1 amide bonds. The lowest BCUT2D eigenvalue weighted by Crippen LogP contribution is -2.14. The number of aromatic amines is 1. The molecule has 106 valence electrons. The fourth-order valence-electron chi connectivity index (χ4n) is 1.88. The monoisotopic (exact) mass is 272 g/mol. The highest BCUT2D eigenvalue weighted by Gasteiger charge is 2.18. The van der Waals surface area contributed by atoms with Gasteiger partial charge >= 0.3 is 0 Å². The fourth-order valence-corrected chi connectivity index (χ4v) is 1.88. The molecule has 20 heavy (non-hydrogen) atoms. The summed E-state index contributed by atoms with van der Waals surface area (Å²) in [5.74, 6) is 0.335. The third-order valence-electron chi connectivity index (χ3n) is 3.10. The molecule has 5 nitrogen and oxygen atoms in total. The standard InChI is InChI=1S/C15H20N4O/c1-9-6-7-11(10(2)16-9)14(20)17-13-8-12(18-19-13)15(3,4)5/h6-8H,1-5H3,(H2,17,18,19,20). The quantitative estimate of drug-likeness (QED) is 0.883. The molecule has 0 radical (unpaired) electrons. The van der Waals surface area contributed by atoms with Crippen molar-refractivity contribution in [2.45, 2.75) is 40.0 Å². The van der Waals surface area contributed by atoms with Crippen molar-refractivity contribution in [1.82, 2.24) is 15.2 Å². The number of anilines is 1. The second kappa shape index (κ2) is 5.07. The summed E-state index contributed by atoms with van der Waals surface area (Å²) in [5.41, 5.74) is 3.13. The van der Waals surface area contributed by atoms with Crippen LogP contribution in [0.4, 0.5) is 5.82 Å². The van der Waals surface area contributed by atoms with Crippen molar-refractivity contribution in [3.05, 3.63) is 40.8 Å². The lowest BCUT2D eigenvalue weighted by atomic mass is 9.92. The molecule has 0 fully saturated rings. The van der Waals surface area contributed by atoms with Crippen LogP contribution in [-0.4, -0.2) is 21.1 Å². The first-order valence-electron chi connectivity index (χ1n) is 6.59. The second-order valence-electron chi connectivity index (χ2n) is 5.96. The highest BCUT2D eigenvalue weighted by atomic mass is 16.1. The minimum atomic E-state index is -0.193. The number of nitrogens with zero attached hydrogens (tertiary/aromatic N) is 2. The predicted molar refractivity (Wildman–Crippen MR) is 79.0 cm³/mol. The van der Waals surface area contributed by atoms with Crippen molar-refractivity contribution in [3.63, 3.8) is 0 Å². The zero-order chi connectivity index (χ0) is 14.9. The Bertz CT molecular complexity index is 638. The number of carbonyl (C=O) groups excluding carboxylic acids is 1. The molecule has 2 aromatic heterocycles. The van der Waals surface area contributed by atoms with Gasteiger partial charge in [-0.05, 0) is 26.0 Å². The normalized spacial score (nSPS) is 11.4. The molecule has 0 aliphatic rings. The van der Waals surface area contributed by atoms with E-state index in [0.717, 1.165) is 11.4 Å². The highest BCUT2D eigenvalue weighted by molar-refractivity contribution is 6.04. The number of aryl methyl sites for hydroxylation is 2. The van der Waals surface area contributed by atoms with Crippen LogP contribution in [0.5, 0.6) is 0 Å². The highest BCUT2D eigenvalue weighted by Crippen LogP contribution is 2.22. The summed E-state index contributed by atoms with van der Waals surface area (Å²) < 4.78 is 0. The Morgan fingerprint density at radius 3 is 2.50 bits per heavy atom. The zero-order valence-corrected chi connectivity index (χ0v) is 12.5. The Morgan fingerprint density at radius 2 is 1.95 bits per heavy atom. The first-order valence-corrected chi connectivity index (χ1v) is 6.59. The van der Waals surface area contributed by atoms with E-state index in [9.17, 15) is 4.79 Å². The molecule has 0 aliphatic heterocycles. The lowest BCUT2D eigenvalue weighted by Gasteiger charge is -2.14. The third-order valence-corrected chi connectivity index (χ3v) is 3.10. The number of carbonyl (C=O) groups is 1. The van der Waals surface area contributed by atoms with Gasteiger partial charge in [0.25, 0.3) is 5.91 Å². The van der Waals surface area contributed by atoms with Crippen molar-refractivity contribution in [2.75, 3.05) is 5.32 Å². The molecule has 0 atom stereocenters. The van der Waals surface area contributed by atoms with Crippen LogP contribution in [0.25, 0.3) is 0 Å². The van der Waals surface area contributed by atoms with E-state index in [1.165, 1.54) is 0 Å². The number of amides is 1. The summed E-state index contributed by atoms with van der Waals surface area (Å²) in [6, 6.07) is 5.46. The Kier molecular flexibility index (Phi) is 3.61. The summed E-state index contributed by atoms with van der Waals surface area (Å²) >= 11 is 0. The average Bonchev–Trinajstić information content (AvgIpc) is 2.76. The molecule has 0 unspecified atom stereocenters. The Labute approximate surface area is 118 Å². The van der Waals surface area contributed by atoms with E-state index in [4.69, 9.17) is 0 Å². The molecule has 0 bridgehead atoms. The zero-order valence-electron chi connectivity index (χ0n) is 12.5. The van der Waals surface area contributed by atoms with Gasteiger partial charge < -0.3 is 5.32 Å². The van der Waals surface area contributed by atoms with E-state index < -0.39 is 0 Å². The van der Waals surface area contributed by atoms with Crippen LogP contribution in [-0.2, 0) is 5.41 Å². The van der Waals surface area contributed by atoms with E-state index in [-0.39, 0.29) is 11.3 Å². The molecule has 0 saturated heterocycles. The molecular weight excluding hydrogens is 252 g/mol. The molecular formula is C15H20N4O. The maximum absolute atomic E-state index is 12.2. The van der Waals surface area contributed by atoms with Crippen molar-refractivity contribution >= 4 is 11.7 Å². The van der Waals surface area contributed by atoms with Gasteiger partial charge in [-0.25, -0.2) is 0 Å². The smallest absolute Gasteiger partial charge is 0.258 e. The molecule has 0 saturated carbocycles. The number of nitrogens with one attached hydrogen (secondary N) is 2. The molecule has 0 spiro atoms. The first kappa shape index (κ1) is 14.2. The largest absolute Gasteiger partial charge is 0.305 e. The number of H-pyrrole nitrogens is 1. The number of hydrogen-bond donors (Lipinski definition) is 2. The van der Waals surface area contributed by atoms with Gasteiger partial charge in [0.2, 0.25) is 0 Å². The summed E-state index contributed by atoms with van der Waals surface area (Å²) in [5, 5.41) is 9.85. The molecule has 0 aromatic carbocycles. The minimum absolute atomic E-state index is 0.0304. The van der Waals surface area contributed by atoms with Gasteiger partial charge in [0, 0.05) is 22.9 Å². The number of pyridine rings is 1. The summed E-state index contributed by atoms with van der Waals surface area (Å²) in [7, 11) is 0. The molecule has 2 aromatic rings. The van der Waals surface area contributed by atoms with Gasteiger partial charge in [0.05, 0.1) is 11.3 Å². The molecule has 2 rings (SSSR count). The van der Waals surface area contributed by atoms with Crippen molar-refractivity contribution in [1.29, 1.82) is 0 Å². The van der Waals surface area contributed by atoms with Gasteiger partial charge in [0.15, 0.2) is 5.82 Å². The maximum Gasteiger partial charge on any atom is 0.258 e. The molecule has 2 heterocycles. The van der Waals surface area contributed by atoms with E-state index in [0.29, 0.717) is 17.1 Å². The van der Waals surface area contributed by atoms with Crippen LogP contribution in [0.3, 0.4) is 0 Å². The summed E-state index contributed by atoms with van der Waals surface area (Å²) in [6.45, 7) is 9.98. The van der Waals surface area contributed by atoms with E-state index >= 15 is 0 Å². The SMILES string of the molecule is Cc1ccc(C(=O)Nc2cc(C(C)(C)C)[nH]n2)c(C)n1. The average molecular weight is 272 g/mol. The fraction of sp³-hybridized carbons (Fsp3) is 0.400. The van der Waals surface area contributed by atoms with Crippen LogP contribution in [0.15, 0.2) is 18.2 Å². The van der Waals surface area contributed by atoms with Crippen molar-refractivity contribution in [3.8, 4) is 0 Å². The lowest BCUT2D eigenvalue weighted by molar-refractivity contribution is 0.102. The van der Waals surface area contributed by atoms with Crippen LogP contribution in [0.2, 0.25) is 0 Å². The van der Waals surface area contributed by atoms with E-state index in [1.807, 2.05) is 26.0 Å². The first-order chi connectivity index (χ1) is 9.27. The number of hydrogen-bond acceptors (Lipinski definition) is 3. The van der Waals surface area contributed by atoms with Crippen LogP contribution in [0, 0.1) is 13.8 Å². The minimum Gasteiger partial charge on any atom is -0.305 e. The van der Waals surface area contributed by atoms with Gasteiger partial charge in [0.1, 0.15) is 0 Å². The van der Waals surface area contributed by atoms with Crippen LogP contribution in [0.1, 0.15) is 48.2 Å². The Hall–Kier alpha value is -2.17. The molecule has 0 aliphatic carbocycles. The van der Waals surface area contributed by atoms with Crippen LogP contribution >= 0.6 is 0 Å². The summed E-state index contributed by atoms with van der Waals surface area (Å²) in [6.07, 6.45) is 0. The van der Waals surface area contributed by atoms with Crippen LogP contribution < -0.4 is 5.32 Å². The summed E-state index contributed by atoms with van der Waals surface area (Å²) in [4.78, 5) is 16.5. The topological polar surface area (TPSA) is 70.7 Å². The van der Waals surface area contributed by atoms with E-state index in [1.54, 1.807) is 6.07 Å². The number of aromatic nitrogens is 3. The van der Waals surface area contributed by atoms with Crippen molar-refractivity contribution < 1.29 is 4.79 Å². The van der Waals surface area contributed by atoms with Gasteiger partial charge in [-0.15, -0.1) is 0 Å². The number of rotatable bonds is 2. The molecule has 5 heteroatoms. The third kappa shape index (κ3) is 3.04. The molecule has 2 N–H and O–H groups in total. The van der Waals surface area contributed by atoms with Crippen molar-refractivity contribution in [2.24, 2.45) is 0 Å². The maximum atomic E-state index is 12.2. The van der Waals surface area contributed by atoms with Gasteiger partial charge in [-0.1, -0.05) is 20.8 Å². The Balaban J connectivity index is 2.17. The predicted octanol–water partition coefficient (Wildman–Crippen LogP) is 2.97.